The number of fused-ring (bicyclic) bond motifs is 2. The first-order valence-electron chi connectivity index (χ1n) is 7.38. The molecule has 21 heavy (non-hydrogen) atoms. The molecule has 1 amide bonds. The normalized spacial score (nSPS) is 31.1. The molecule has 0 radical (unpaired) electrons. The van der Waals surface area contributed by atoms with E-state index in [4.69, 9.17) is 5.73 Å². The molecular formula is C15H22ClN3O2. The molecule has 2 aliphatic carbocycles. The van der Waals surface area contributed by atoms with E-state index in [0.29, 0.717) is 17.4 Å². The van der Waals surface area contributed by atoms with Crippen LogP contribution in [0.4, 0.5) is 0 Å². The maximum absolute atomic E-state index is 12.3. The Morgan fingerprint density at radius 3 is 2.57 bits per heavy atom. The van der Waals surface area contributed by atoms with E-state index in [0.717, 1.165) is 25.7 Å². The van der Waals surface area contributed by atoms with Crippen molar-refractivity contribution in [3.8, 4) is 0 Å². The quantitative estimate of drug-likeness (QED) is 0.772. The van der Waals surface area contributed by atoms with Crippen LogP contribution in [0.3, 0.4) is 0 Å². The summed E-state index contributed by atoms with van der Waals surface area (Å²) >= 11 is 0. The molecule has 0 aromatic carbocycles. The lowest BCUT2D eigenvalue weighted by Gasteiger charge is -2.45. The van der Waals surface area contributed by atoms with Gasteiger partial charge < -0.3 is 16.0 Å². The molecule has 4 N–H and O–H groups in total. The van der Waals surface area contributed by atoms with Gasteiger partial charge in [-0.15, -0.1) is 12.4 Å². The van der Waals surface area contributed by atoms with Gasteiger partial charge in [-0.25, -0.2) is 0 Å². The predicted molar refractivity (Wildman–Crippen MR) is 83.6 cm³/mol. The molecule has 2 saturated carbocycles. The summed E-state index contributed by atoms with van der Waals surface area (Å²) in [6, 6.07) is 3.48. The Hall–Kier alpha value is -1.33. The minimum atomic E-state index is -0.247. The van der Waals surface area contributed by atoms with Crippen molar-refractivity contribution in [2.24, 2.45) is 17.6 Å². The first-order chi connectivity index (χ1) is 9.63. The van der Waals surface area contributed by atoms with E-state index >= 15 is 0 Å². The van der Waals surface area contributed by atoms with Crippen LogP contribution in [-0.2, 0) is 0 Å². The van der Waals surface area contributed by atoms with Gasteiger partial charge in [0.2, 0.25) is 5.56 Å². The standard InChI is InChI=1S/C15H21N3O2.ClH/c16-12-6-9-2-1-3-10(7-12)14(9)18-15(20)11-4-5-17-13(19)8-11;/h4-5,8-10,12,14H,1-3,6-7,16H2,(H,17,19)(H,18,20);1H. The van der Waals surface area contributed by atoms with Crippen LogP contribution in [0, 0.1) is 11.8 Å². The monoisotopic (exact) mass is 311 g/mol. The number of hydrogen-bond acceptors (Lipinski definition) is 3. The van der Waals surface area contributed by atoms with Gasteiger partial charge >= 0.3 is 0 Å². The summed E-state index contributed by atoms with van der Waals surface area (Å²) in [6.07, 6.45) is 7.02. The highest BCUT2D eigenvalue weighted by Crippen LogP contribution is 2.39. The summed E-state index contributed by atoms with van der Waals surface area (Å²) in [5.74, 6) is 0.834. The number of aromatic nitrogens is 1. The fourth-order valence-electron chi connectivity index (χ4n) is 3.85. The molecule has 5 nitrogen and oxygen atoms in total. The average Bonchev–Trinajstić information content (AvgIpc) is 2.39. The zero-order valence-electron chi connectivity index (χ0n) is 11.9. The van der Waals surface area contributed by atoms with Crippen molar-refractivity contribution in [1.82, 2.24) is 10.3 Å². The molecule has 2 unspecified atom stereocenters. The molecule has 2 fully saturated rings. The summed E-state index contributed by atoms with van der Waals surface area (Å²) in [5, 5.41) is 3.14. The largest absolute Gasteiger partial charge is 0.349 e. The maximum Gasteiger partial charge on any atom is 0.251 e. The second-order valence-electron chi connectivity index (χ2n) is 6.12. The van der Waals surface area contributed by atoms with Crippen molar-refractivity contribution in [3.63, 3.8) is 0 Å². The lowest BCUT2D eigenvalue weighted by Crippen LogP contribution is -2.53. The van der Waals surface area contributed by atoms with E-state index < -0.39 is 0 Å². The minimum Gasteiger partial charge on any atom is -0.349 e. The SMILES string of the molecule is Cl.NC1CC2CCCC(C1)C2NC(=O)c1cc[nH]c(=O)c1. The van der Waals surface area contributed by atoms with Gasteiger partial charge in [0, 0.05) is 29.9 Å². The number of amides is 1. The molecule has 0 spiro atoms. The number of nitrogens with one attached hydrogen (secondary N) is 2. The van der Waals surface area contributed by atoms with Gasteiger partial charge in [0.1, 0.15) is 0 Å². The summed E-state index contributed by atoms with van der Waals surface area (Å²) < 4.78 is 0. The van der Waals surface area contributed by atoms with Crippen molar-refractivity contribution in [1.29, 1.82) is 0 Å². The lowest BCUT2D eigenvalue weighted by atomic mass is 9.67. The molecule has 1 aromatic heterocycles. The molecule has 0 aliphatic heterocycles. The molecule has 116 valence electrons. The van der Waals surface area contributed by atoms with Crippen LogP contribution in [0.5, 0.6) is 0 Å². The zero-order chi connectivity index (χ0) is 14.1. The van der Waals surface area contributed by atoms with Gasteiger partial charge in [-0.05, 0) is 43.6 Å². The maximum atomic E-state index is 12.3. The first kappa shape index (κ1) is 16.0. The molecule has 2 aliphatic rings. The second kappa shape index (κ2) is 6.62. The summed E-state index contributed by atoms with van der Waals surface area (Å²) in [6.45, 7) is 0. The second-order valence-corrected chi connectivity index (χ2v) is 6.12. The molecule has 2 bridgehead atoms. The number of carbonyl (C=O) groups excluding carboxylic acids is 1. The highest BCUT2D eigenvalue weighted by atomic mass is 35.5. The molecular weight excluding hydrogens is 290 g/mol. The van der Waals surface area contributed by atoms with Crippen LogP contribution in [0.25, 0.3) is 0 Å². The van der Waals surface area contributed by atoms with Crippen LogP contribution < -0.4 is 16.6 Å². The average molecular weight is 312 g/mol. The van der Waals surface area contributed by atoms with Gasteiger partial charge in [-0.3, -0.25) is 9.59 Å². The Morgan fingerprint density at radius 2 is 1.95 bits per heavy atom. The minimum absolute atomic E-state index is 0. The third-order valence-corrected chi connectivity index (χ3v) is 4.71. The topological polar surface area (TPSA) is 88.0 Å². The number of halogens is 1. The van der Waals surface area contributed by atoms with Crippen molar-refractivity contribution < 1.29 is 4.79 Å². The number of carbonyl (C=O) groups is 1. The fourth-order valence-corrected chi connectivity index (χ4v) is 3.85. The van der Waals surface area contributed by atoms with Gasteiger partial charge in [0.15, 0.2) is 0 Å². The third kappa shape index (κ3) is 3.47. The van der Waals surface area contributed by atoms with E-state index in [-0.39, 0.29) is 36.0 Å². The van der Waals surface area contributed by atoms with Crippen LogP contribution in [-0.4, -0.2) is 23.0 Å². The smallest absolute Gasteiger partial charge is 0.251 e. The highest BCUT2D eigenvalue weighted by molar-refractivity contribution is 5.94. The Kier molecular flexibility index (Phi) is 5.06. The lowest BCUT2D eigenvalue weighted by molar-refractivity contribution is 0.0756. The van der Waals surface area contributed by atoms with Crippen LogP contribution >= 0.6 is 12.4 Å². The van der Waals surface area contributed by atoms with Gasteiger partial charge in [0.25, 0.3) is 5.91 Å². The number of nitrogens with two attached hydrogens (primary N) is 1. The Morgan fingerprint density at radius 1 is 1.29 bits per heavy atom. The first-order valence-corrected chi connectivity index (χ1v) is 7.38. The van der Waals surface area contributed by atoms with Crippen LogP contribution in [0.15, 0.2) is 23.1 Å². The summed E-state index contributed by atoms with van der Waals surface area (Å²) in [5.41, 5.74) is 6.28. The van der Waals surface area contributed by atoms with E-state index in [1.54, 1.807) is 6.07 Å². The molecule has 1 heterocycles. The Labute approximate surface area is 130 Å². The number of H-pyrrole nitrogens is 1. The predicted octanol–water partition coefficient (Wildman–Crippen LogP) is 1.43. The number of pyridine rings is 1. The van der Waals surface area contributed by atoms with Gasteiger partial charge in [-0.1, -0.05) is 6.42 Å². The van der Waals surface area contributed by atoms with Gasteiger partial charge in [-0.2, -0.15) is 0 Å². The molecule has 6 heteroatoms. The Bertz CT molecular complexity index is 546. The molecule has 0 saturated heterocycles. The van der Waals surface area contributed by atoms with E-state index in [1.807, 2.05) is 0 Å². The van der Waals surface area contributed by atoms with E-state index in [2.05, 4.69) is 10.3 Å². The highest BCUT2D eigenvalue weighted by Gasteiger charge is 2.39. The number of hydrogen-bond donors (Lipinski definition) is 3. The van der Waals surface area contributed by atoms with E-state index in [9.17, 15) is 9.59 Å². The summed E-state index contributed by atoms with van der Waals surface area (Å²) in [7, 11) is 0. The van der Waals surface area contributed by atoms with Crippen molar-refractivity contribution in [3.05, 3.63) is 34.2 Å². The summed E-state index contributed by atoms with van der Waals surface area (Å²) in [4.78, 5) is 26.1. The Balaban J connectivity index is 0.00000161. The molecule has 2 atom stereocenters. The fraction of sp³-hybridized carbons (Fsp3) is 0.600. The molecule has 1 aromatic rings. The number of aromatic amines is 1. The van der Waals surface area contributed by atoms with Crippen molar-refractivity contribution in [2.75, 3.05) is 0 Å². The number of rotatable bonds is 2. The third-order valence-electron chi connectivity index (χ3n) is 4.71. The zero-order valence-corrected chi connectivity index (χ0v) is 12.7. The van der Waals surface area contributed by atoms with Crippen molar-refractivity contribution >= 4 is 18.3 Å². The molecule has 3 rings (SSSR count). The van der Waals surface area contributed by atoms with Crippen LogP contribution in [0.1, 0.15) is 42.5 Å². The van der Waals surface area contributed by atoms with Crippen molar-refractivity contribution in [2.45, 2.75) is 44.2 Å². The van der Waals surface area contributed by atoms with Crippen LogP contribution in [0.2, 0.25) is 0 Å². The van der Waals surface area contributed by atoms with Gasteiger partial charge in [0.05, 0.1) is 0 Å². The van der Waals surface area contributed by atoms with E-state index in [1.165, 1.54) is 18.7 Å².